The van der Waals surface area contributed by atoms with Crippen LogP contribution in [0.15, 0.2) is 61.1 Å². The van der Waals surface area contributed by atoms with Gasteiger partial charge >= 0.3 is 0 Å². The lowest BCUT2D eigenvalue weighted by Crippen LogP contribution is -2.32. The average molecular weight is 602 g/mol. The third-order valence-electron chi connectivity index (χ3n) is 6.05. The van der Waals surface area contributed by atoms with Crippen molar-refractivity contribution in [2.45, 2.75) is 33.7 Å². The first kappa shape index (κ1) is 31.7. The van der Waals surface area contributed by atoms with E-state index in [4.69, 9.17) is 9.47 Å². The van der Waals surface area contributed by atoms with Gasteiger partial charge in [-0.3, -0.25) is 4.79 Å². The van der Waals surface area contributed by atoms with E-state index in [-0.39, 0.29) is 19.0 Å². The lowest BCUT2D eigenvalue weighted by molar-refractivity contribution is -0.118. The number of aryl methyl sites for hydroxylation is 1. The predicted molar refractivity (Wildman–Crippen MR) is 163 cm³/mol. The van der Waals surface area contributed by atoms with Crippen LogP contribution in [-0.4, -0.2) is 54.0 Å². The highest BCUT2D eigenvalue weighted by Gasteiger charge is 2.13. The molecular weight excluding hydrogens is 566 g/mol. The van der Waals surface area contributed by atoms with Crippen LogP contribution in [-0.2, 0) is 21.2 Å². The number of aromatic nitrogens is 3. The van der Waals surface area contributed by atoms with Crippen molar-refractivity contribution in [1.82, 2.24) is 19.9 Å². The van der Waals surface area contributed by atoms with Gasteiger partial charge in [-0.05, 0) is 61.2 Å². The molecule has 0 bridgehead atoms. The highest BCUT2D eigenvalue weighted by molar-refractivity contribution is 7.91. The molecular formula is C29H36ClN5O5S. The fourth-order valence-corrected chi connectivity index (χ4v) is 4.64. The number of hydrogen-bond donors (Lipinski definition) is 2. The zero-order valence-electron chi connectivity index (χ0n) is 23.6. The molecule has 0 aliphatic rings. The van der Waals surface area contributed by atoms with E-state index in [1.165, 1.54) is 6.33 Å². The maximum absolute atomic E-state index is 11.9. The maximum Gasteiger partial charge on any atom is 0.235 e. The van der Waals surface area contributed by atoms with Gasteiger partial charge in [0.25, 0.3) is 0 Å². The van der Waals surface area contributed by atoms with Gasteiger partial charge in [0.15, 0.2) is 15.7 Å². The fraction of sp³-hybridized carbons (Fsp3) is 0.345. The Hall–Kier alpha value is -3.83. The van der Waals surface area contributed by atoms with Crippen LogP contribution in [0.5, 0.6) is 17.2 Å². The molecule has 10 nitrogen and oxygen atoms in total. The van der Waals surface area contributed by atoms with Crippen LogP contribution in [0.1, 0.15) is 25.8 Å². The smallest absolute Gasteiger partial charge is 0.235 e. The van der Waals surface area contributed by atoms with Crippen LogP contribution in [0.4, 0.5) is 11.5 Å². The van der Waals surface area contributed by atoms with Crippen molar-refractivity contribution in [2.75, 3.05) is 30.5 Å². The Morgan fingerprint density at radius 1 is 1.07 bits per heavy atom. The number of anilines is 2. The molecule has 1 amide bonds. The van der Waals surface area contributed by atoms with E-state index in [1.54, 1.807) is 0 Å². The van der Waals surface area contributed by atoms with E-state index in [2.05, 4.69) is 34.4 Å². The molecule has 2 aromatic carbocycles. The Labute approximate surface area is 246 Å². The molecule has 41 heavy (non-hydrogen) atoms. The maximum atomic E-state index is 11.9. The van der Waals surface area contributed by atoms with E-state index in [1.807, 2.05) is 66.2 Å². The molecule has 220 valence electrons. The van der Waals surface area contributed by atoms with Gasteiger partial charge in [-0.2, -0.15) is 0 Å². The molecule has 0 saturated heterocycles. The number of nitrogens with one attached hydrogen (secondary N) is 2. The van der Waals surface area contributed by atoms with Crippen LogP contribution < -0.4 is 20.1 Å². The number of amides is 1. The molecule has 2 heterocycles. The van der Waals surface area contributed by atoms with E-state index >= 15 is 0 Å². The molecule has 0 unspecified atom stereocenters. The zero-order valence-corrected chi connectivity index (χ0v) is 25.2. The van der Waals surface area contributed by atoms with Gasteiger partial charge in [0.1, 0.15) is 34.8 Å². The van der Waals surface area contributed by atoms with Crippen molar-refractivity contribution in [2.24, 2.45) is 5.92 Å². The van der Waals surface area contributed by atoms with Gasteiger partial charge in [0.05, 0.1) is 12.1 Å². The molecule has 4 rings (SSSR count). The molecule has 0 aliphatic carbocycles. The van der Waals surface area contributed by atoms with Gasteiger partial charge in [-0.25, -0.2) is 18.4 Å². The molecule has 0 atom stereocenters. The van der Waals surface area contributed by atoms with Gasteiger partial charge in [0.2, 0.25) is 5.91 Å². The van der Waals surface area contributed by atoms with Crippen molar-refractivity contribution < 1.29 is 22.7 Å². The largest absolute Gasteiger partial charge is 0.493 e. The third-order valence-corrected chi connectivity index (χ3v) is 6.84. The number of rotatable bonds is 13. The lowest BCUT2D eigenvalue weighted by atomic mass is 10.1. The first-order valence-electron chi connectivity index (χ1n) is 13.1. The second-order valence-electron chi connectivity index (χ2n) is 10.1. The first-order chi connectivity index (χ1) is 19.1. The Kier molecular flexibility index (Phi) is 11.0. The second kappa shape index (κ2) is 14.2. The summed E-state index contributed by atoms with van der Waals surface area (Å²) in [5.41, 5.74) is 3.27. The Morgan fingerprint density at radius 3 is 2.59 bits per heavy atom. The normalized spacial score (nSPS) is 11.2. The number of benzene rings is 2. The quantitative estimate of drug-likeness (QED) is 0.212. The first-order valence-corrected chi connectivity index (χ1v) is 15.2. The fourth-order valence-electron chi connectivity index (χ4n) is 4.06. The number of fused-ring (bicyclic) bond motifs is 1. The molecule has 0 spiro atoms. The van der Waals surface area contributed by atoms with Gasteiger partial charge in [-0.1, -0.05) is 19.9 Å². The summed E-state index contributed by atoms with van der Waals surface area (Å²) in [5.74, 6) is 2.33. The Morgan fingerprint density at radius 2 is 1.85 bits per heavy atom. The van der Waals surface area contributed by atoms with E-state index in [9.17, 15) is 13.2 Å². The number of hydrogen-bond acceptors (Lipinski definition) is 8. The number of ether oxygens (including phenoxy) is 2. The predicted octanol–water partition coefficient (Wildman–Crippen LogP) is 5.28. The molecule has 0 saturated carbocycles. The van der Waals surface area contributed by atoms with Crippen molar-refractivity contribution in [3.63, 3.8) is 0 Å². The summed E-state index contributed by atoms with van der Waals surface area (Å²) in [6, 6.07) is 15.3. The molecule has 0 radical (unpaired) electrons. The van der Waals surface area contributed by atoms with Crippen LogP contribution in [0.2, 0.25) is 0 Å². The highest BCUT2D eigenvalue weighted by Crippen LogP contribution is 2.31. The lowest BCUT2D eigenvalue weighted by Gasteiger charge is -2.14. The SMILES string of the molecule is Cc1cc(Nc2ncnc3ccn(CCNC(=O)CS(C)(=O)=O)c23)ccc1Oc1cccc(OCCC(C)C)c1.Cl. The van der Waals surface area contributed by atoms with Crippen molar-refractivity contribution in [3.05, 3.63) is 66.6 Å². The summed E-state index contributed by atoms with van der Waals surface area (Å²) in [5, 5.41) is 6.00. The van der Waals surface area contributed by atoms with Crippen LogP contribution in [0.3, 0.4) is 0 Å². The summed E-state index contributed by atoms with van der Waals surface area (Å²) in [4.78, 5) is 20.6. The van der Waals surface area contributed by atoms with Crippen LogP contribution in [0, 0.1) is 12.8 Å². The molecule has 2 aromatic heterocycles. The third kappa shape index (κ3) is 9.36. The topological polar surface area (TPSA) is 124 Å². The summed E-state index contributed by atoms with van der Waals surface area (Å²) in [6.07, 6.45) is 5.37. The molecule has 4 aromatic rings. The number of carbonyl (C=O) groups excluding carboxylic acids is 1. The second-order valence-corrected chi connectivity index (χ2v) is 12.2. The molecule has 0 aliphatic heterocycles. The highest BCUT2D eigenvalue weighted by atomic mass is 35.5. The number of nitrogens with zero attached hydrogens (tertiary/aromatic N) is 3. The van der Waals surface area contributed by atoms with Crippen molar-refractivity contribution in [1.29, 1.82) is 0 Å². The summed E-state index contributed by atoms with van der Waals surface area (Å²) >= 11 is 0. The van der Waals surface area contributed by atoms with Gasteiger partial charge < -0.3 is 24.7 Å². The van der Waals surface area contributed by atoms with Crippen molar-refractivity contribution in [3.8, 4) is 17.2 Å². The average Bonchev–Trinajstić information content (AvgIpc) is 3.29. The van der Waals surface area contributed by atoms with Crippen molar-refractivity contribution >= 4 is 50.7 Å². The standard InChI is InChI=1S/C29H35N5O5S.ClH/c1-20(2)11-15-38-23-6-5-7-24(17-23)39-26-9-8-22(16-21(26)3)33-29-28-25(31-19-32-29)10-13-34(28)14-12-30-27(35)18-40(4,36)37;/h5-10,13,16-17,19-20H,11-12,14-15,18H2,1-4H3,(H,30,35)(H,31,32,33);1H. The molecule has 2 N–H and O–H groups in total. The van der Waals surface area contributed by atoms with Gasteiger partial charge in [-0.15, -0.1) is 12.4 Å². The minimum Gasteiger partial charge on any atom is -0.493 e. The van der Waals surface area contributed by atoms with Gasteiger partial charge in [0, 0.05) is 37.3 Å². The summed E-state index contributed by atoms with van der Waals surface area (Å²) in [7, 11) is -3.38. The minimum atomic E-state index is -3.38. The molecule has 12 heteroatoms. The summed E-state index contributed by atoms with van der Waals surface area (Å²) < 4.78 is 36.6. The number of halogens is 1. The Bertz CT molecular complexity index is 1590. The summed E-state index contributed by atoms with van der Waals surface area (Å²) in [6.45, 7) is 7.67. The van der Waals surface area contributed by atoms with E-state index in [0.717, 1.165) is 46.5 Å². The zero-order chi connectivity index (χ0) is 28.7. The minimum absolute atomic E-state index is 0. The monoisotopic (exact) mass is 601 g/mol. The molecule has 0 fully saturated rings. The Balaban J connectivity index is 0.00000462. The van der Waals surface area contributed by atoms with Crippen LogP contribution >= 0.6 is 12.4 Å². The van der Waals surface area contributed by atoms with Crippen LogP contribution in [0.25, 0.3) is 11.0 Å². The van der Waals surface area contributed by atoms with E-state index in [0.29, 0.717) is 30.6 Å². The van der Waals surface area contributed by atoms with E-state index < -0.39 is 21.5 Å². The number of carbonyl (C=O) groups is 1. The number of sulfone groups is 1.